The van der Waals surface area contributed by atoms with Crippen molar-refractivity contribution in [1.82, 2.24) is 9.13 Å². The monoisotopic (exact) mass is 590 g/mol. The second-order valence-electron chi connectivity index (χ2n) is 11.7. The van der Waals surface area contributed by atoms with Crippen molar-refractivity contribution in [3.05, 3.63) is 158 Å². The van der Waals surface area contributed by atoms with Crippen LogP contribution in [0.15, 0.2) is 158 Å². The molecule has 0 radical (unpaired) electrons. The number of para-hydroxylation sites is 4. The first kappa shape index (κ1) is 24.8. The molecule has 10 rings (SSSR count). The standard InChI is InChI=1S/C42H26N2S/c1-2-12-28(13-3-1)43-35-19-9-5-16-31(35)41-37(43)23-24-38-42(41)32-17-6-10-20-36(32)44(38)34-18-8-4-14-29(34)27-22-25-40-33(26-27)30-15-7-11-21-39(30)45-40/h1-26H. The number of hydrogen-bond acceptors (Lipinski definition) is 1. The van der Waals surface area contributed by atoms with Crippen molar-refractivity contribution < 1.29 is 0 Å². The summed E-state index contributed by atoms with van der Waals surface area (Å²) in [6, 6.07) is 57.6. The Morgan fingerprint density at radius 3 is 1.73 bits per heavy atom. The number of thiophene rings is 1. The normalized spacial score (nSPS) is 12.0. The average Bonchev–Trinajstić information content (AvgIpc) is 3.76. The van der Waals surface area contributed by atoms with Crippen LogP contribution in [-0.4, -0.2) is 9.13 Å². The molecule has 0 bridgehead atoms. The number of aromatic nitrogens is 2. The molecule has 0 saturated heterocycles. The van der Waals surface area contributed by atoms with Crippen molar-refractivity contribution in [2.75, 3.05) is 0 Å². The second kappa shape index (κ2) is 9.43. The molecule has 0 saturated carbocycles. The van der Waals surface area contributed by atoms with E-state index in [2.05, 4.69) is 167 Å². The van der Waals surface area contributed by atoms with E-state index in [1.54, 1.807) is 0 Å². The van der Waals surface area contributed by atoms with E-state index in [9.17, 15) is 0 Å². The van der Waals surface area contributed by atoms with E-state index in [-0.39, 0.29) is 0 Å². The molecule has 0 unspecified atom stereocenters. The van der Waals surface area contributed by atoms with Crippen molar-refractivity contribution in [2.24, 2.45) is 0 Å². The summed E-state index contributed by atoms with van der Waals surface area (Å²) in [5.74, 6) is 0. The quantitative estimate of drug-likeness (QED) is 0.194. The first-order chi connectivity index (χ1) is 22.3. The molecular formula is C42H26N2S. The van der Waals surface area contributed by atoms with Crippen molar-refractivity contribution in [2.45, 2.75) is 0 Å². The lowest BCUT2D eigenvalue weighted by atomic mass is 10.0. The fourth-order valence-electron chi connectivity index (χ4n) is 7.44. The second-order valence-corrected chi connectivity index (χ2v) is 12.8. The highest BCUT2D eigenvalue weighted by molar-refractivity contribution is 7.25. The lowest BCUT2D eigenvalue weighted by Crippen LogP contribution is -1.97. The van der Waals surface area contributed by atoms with Crippen LogP contribution in [0, 0.1) is 0 Å². The Bertz CT molecular complexity index is 2760. The smallest absolute Gasteiger partial charge is 0.0549 e. The lowest BCUT2D eigenvalue weighted by Gasteiger charge is -2.14. The molecule has 0 aliphatic rings. The Balaban J connectivity index is 1.31. The average molecular weight is 591 g/mol. The third-order valence-electron chi connectivity index (χ3n) is 9.32. The first-order valence-electron chi connectivity index (χ1n) is 15.4. The maximum Gasteiger partial charge on any atom is 0.0549 e. The van der Waals surface area contributed by atoms with Gasteiger partial charge >= 0.3 is 0 Å². The minimum absolute atomic E-state index is 1.17. The summed E-state index contributed by atoms with van der Waals surface area (Å²) in [4.78, 5) is 0. The Kier molecular flexibility index (Phi) is 5.19. The van der Waals surface area contributed by atoms with Gasteiger partial charge in [0.2, 0.25) is 0 Å². The number of rotatable bonds is 3. The van der Waals surface area contributed by atoms with E-state index < -0.39 is 0 Å². The molecule has 0 atom stereocenters. The Morgan fingerprint density at radius 1 is 0.378 bits per heavy atom. The molecule has 0 aliphatic heterocycles. The van der Waals surface area contributed by atoms with E-state index in [4.69, 9.17) is 0 Å². The fourth-order valence-corrected chi connectivity index (χ4v) is 8.53. The number of nitrogens with zero attached hydrogens (tertiary/aromatic N) is 2. The van der Waals surface area contributed by atoms with Crippen molar-refractivity contribution in [1.29, 1.82) is 0 Å². The highest BCUT2D eigenvalue weighted by Gasteiger charge is 2.21. The molecule has 3 heteroatoms. The summed E-state index contributed by atoms with van der Waals surface area (Å²) in [7, 11) is 0. The predicted molar refractivity (Wildman–Crippen MR) is 193 cm³/mol. The highest BCUT2D eigenvalue weighted by Crippen LogP contribution is 2.44. The first-order valence-corrected chi connectivity index (χ1v) is 16.2. The van der Waals surface area contributed by atoms with Gasteiger partial charge in [0.1, 0.15) is 0 Å². The van der Waals surface area contributed by atoms with Gasteiger partial charge in [0, 0.05) is 53.0 Å². The summed E-state index contributed by atoms with van der Waals surface area (Å²) in [6.07, 6.45) is 0. The SMILES string of the molecule is c1ccc(-n2c3ccccc3c3c4c5ccccc5n(-c5ccccc5-c5ccc6sc7ccccc7c6c5)c4ccc32)cc1. The molecule has 3 heterocycles. The van der Waals surface area contributed by atoms with Crippen LogP contribution in [-0.2, 0) is 0 Å². The van der Waals surface area contributed by atoms with Gasteiger partial charge in [0.05, 0.1) is 27.8 Å². The van der Waals surface area contributed by atoms with E-state index in [0.29, 0.717) is 0 Å². The van der Waals surface area contributed by atoms with E-state index in [1.165, 1.54) is 86.3 Å². The van der Waals surface area contributed by atoms with Crippen LogP contribution < -0.4 is 0 Å². The minimum Gasteiger partial charge on any atom is -0.309 e. The summed E-state index contributed by atoms with van der Waals surface area (Å²) in [5.41, 5.74) is 9.70. The third kappa shape index (κ3) is 3.50. The molecule has 210 valence electrons. The zero-order valence-corrected chi connectivity index (χ0v) is 25.1. The van der Waals surface area contributed by atoms with E-state index in [0.717, 1.165) is 0 Å². The van der Waals surface area contributed by atoms with E-state index in [1.807, 2.05) is 11.3 Å². The van der Waals surface area contributed by atoms with Gasteiger partial charge < -0.3 is 9.13 Å². The van der Waals surface area contributed by atoms with Crippen LogP contribution in [0.25, 0.3) is 86.3 Å². The van der Waals surface area contributed by atoms with Crippen LogP contribution >= 0.6 is 11.3 Å². The largest absolute Gasteiger partial charge is 0.309 e. The molecule has 7 aromatic carbocycles. The Labute approximate surface area is 263 Å². The van der Waals surface area contributed by atoms with Gasteiger partial charge in [-0.15, -0.1) is 11.3 Å². The zero-order valence-electron chi connectivity index (χ0n) is 24.3. The van der Waals surface area contributed by atoms with Crippen LogP contribution in [0.3, 0.4) is 0 Å². The summed E-state index contributed by atoms with van der Waals surface area (Å²) < 4.78 is 7.54. The minimum atomic E-state index is 1.17. The van der Waals surface area contributed by atoms with Crippen LogP contribution in [0.1, 0.15) is 0 Å². The highest BCUT2D eigenvalue weighted by atomic mass is 32.1. The molecule has 2 nitrogen and oxygen atoms in total. The molecule has 3 aromatic heterocycles. The molecule has 10 aromatic rings. The van der Waals surface area contributed by atoms with Crippen molar-refractivity contribution >= 4 is 75.1 Å². The molecule has 0 N–H and O–H groups in total. The molecule has 0 aliphatic carbocycles. The number of hydrogen-bond donors (Lipinski definition) is 0. The topological polar surface area (TPSA) is 9.86 Å². The van der Waals surface area contributed by atoms with Gasteiger partial charge in [0.25, 0.3) is 0 Å². The molecule has 0 fully saturated rings. The summed E-state index contributed by atoms with van der Waals surface area (Å²) in [6.45, 7) is 0. The molecule has 0 spiro atoms. The maximum atomic E-state index is 2.48. The third-order valence-corrected chi connectivity index (χ3v) is 10.5. The maximum absolute atomic E-state index is 2.48. The molecule has 0 amide bonds. The zero-order chi connectivity index (χ0) is 29.5. The predicted octanol–water partition coefficient (Wildman–Crippen LogP) is 11.9. The van der Waals surface area contributed by atoms with Gasteiger partial charge in [0.15, 0.2) is 0 Å². The molecule has 45 heavy (non-hydrogen) atoms. The Hall–Kier alpha value is -5.64. The van der Waals surface area contributed by atoms with Crippen molar-refractivity contribution in [3.63, 3.8) is 0 Å². The fraction of sp³-hybridized carbons (Fsp3) is 0. The van der Waals surface area contributed by atoms with Crippen LogP contribution in [0.5, 0.6) is 0 Å². The van der Waals surface area contributed by atoms with Crippen LogP contribution in [0.2, 0.25) is 0 Å². The van der Waals surface area contributed by atoms with Crippen LogP contribution in [0.4, 0.5) is 0 Å². The summed E-state index contributed by atoms with van der Waals surface area (Å²) >= 11 is 1.87. The van der Waals surface area contributed by atoms with Gasteiger partial charge in [-0.1, -0.05) is 97.1 Å². The Morgan fingerprint density at radius 2 is 0.956 bits per heavy atom. The number of benzene rings is 7. The van der Waals surface area contributed by atoms with Crippen molar-refractivity contribution in [3.8, 4) is 22.5 Å². The van der Waals surface area contributed by atoms with Gasteiger partial charge in [-0.05, 0) is 66.2 Å². The van der Waals surface area contributed by atoms with Gasteiger partial charge in [-0.25, -0.2) is 0 Å². The molecular weight excluding hydrogens is 565 g/mol. The van der Waals surface area contributed by atoms with E-state index >= 15 is 0 Å². The summed E-state index contributed by atoms with van der Waals surface area (Å²) in [5, 5.41) is 7.77. The van der Waals surface area contributed by atoms with Gasteiger partial charge in [-0.2, -0.15) is 0 Å². The number of fused-ring (bicyclic) bond motifs is 10. The van der Waals surface area contributed by atoms with Gasteiger partial charge in [-0.3, -0.25) is 0 Å². The lowest BCUT2D eigenvalue weighted by molar-refractivity contribution is 1.17.